The van der Waals surface area contributed by atoms with Crippen LogP contribution in [0.4, 0.5) is 11.5 Å². The number of methoxy groups -OCH3 is 1. The molecule has 0 radical (unpaired) electrons. The zero-order valence-corrected chi connectivity index (χ0v) is 21.6. The third-order valence-electron chi connectivity index (χ3n) is 5.80. The van der Waals surface area contributed by atoms with Crippen molar-refractivity contribution in [3.8, 4) is 22.8 Å². The number of nitrogens with one attached hydrogen (secondary N) is 2. The zero-order valence-electron chi connectivity index (χ0n) is 20.8. The second-order valence-corrected chi connectivity index (χ2v) is 8.85. The van der Waals surface area contributed by atoms with Gasteiger partial charge in [-0.2, -0.15) is 0 Å². The molecule has 0 saturated carbocycles. The number of aromatic hydroxyl groups is 1. The first kappa shape index (κ1) is 26.6. The lowest BCUT2D eigenvalue weighted by Crippen LogP contribution is -2.15. The summed E-state index contributed by atoms with van der Waals surface area (Å²) in [6.45, 7) is 2.08. The minimum atomic E-state index is -0.374. The SMILES string of the molecule is COc1cc(-c2cncc(C[C@@H](C)c3cccc(NC(=O)c4ccc(NC(=O)CCl)nc4)c3)n2)ccc1O. The molecule has 2 aromatic carbocycles. The average molecular weight is 532 g/mol. The predicted molar refractivity (Wildman–Crippen MR) is 146 cm³/mol. The number of hydrogen-bond donors (Lipinski definition) is 3. The van der Waals surface area contributed by atoms with Crippen molar-refractivity contribution in [2.45, 2.75) is 19.3 Å². The van der Waals surface area contributed by atoms with Crippen LogP contribution in [-0.2, 0) is 11.2 Å². The molecule has 0 aliphatic heterocycles. The first-order valence-corrected chi connectivity index (χ1v) is 12.3. The van der Waals surface area contributed by atoms with E-state index in [9.17, 15) is 14.7 Å². The van der Waals surface area contributed by atoms with Crippen molar-refractivity contribution >= 4 is 34.9 Å². The molecule has 0 aliphatic rings. The van der Waals surface area contributed by atoms with Crippen molar-refractivity contribution < 1.29 is 19.4 Å². The Kier molecular flexibility index (Phi) is 8.50. The van der Waals surface area contributed by atoms with Gasteiger partial charge in [0.05, 0.1) is 30.3 Å². The zero-order chi connectivity index (χ0) is 27.1. The van der Waals surface area contributed by atoms with Crippen LogP contribution in [0.15, 0.2) is 73.2 Å². The highest BCUT2D eigenvalue weighted by molar-refractivity contribution is 6.29. The Bertz CT molecular complexity index is 1450. The van der Waals surface area contributed by atoms with Crippen molar-refractivity contribution in [2.24, 2.45) is 0 Å². The Labute approximate surface area is 224 Å². The number of anilines is 2. The first-order chi connectivity index (χ1) is 18.4. The molecular weight excluding hydrogens is 506 g/mol. The summed E-state index contributed by atoms with van der Waals surface area (Å²) in [4.78, 5) is 37.3. The van der Waals surface area contributed by atoms with Crippen LogP contribution in [-0.4, -0.2) is 44.9 Å². The monoisotopic (exact) mass is 531 g/mol. The van der Waals surface area contributed by atoms with Gasteiger partial charge in [0, 0.05) is 23.6 Å². The number of benzene rings is 2. The van der Waals surface area contributed by atoms with Crippen molar-refractivity contribution in [2.75, 3.05) is 23.6 Å². The molecule has 38 heavy (non-hydrogen) atoms. The van der Waals surface area contributed by atoms with Gasteiger partial charge >= 0.3 is 0 Å². The third kappa shape index (κ3) is 6.63. The molecule has 194 valence electrons. The van der Waals surface area contributed by atoms with Gasteiger partial charge in [-0.15, -0.1) is 11.6 Å². The quantitative estimate of drug-likeness (QED) is 0.258. The number of carbonyl (C=O) groups is 2. The van der Waals surface area contributed by atoms with E-state index in [-0.39, 0.29) is 29.4 Å². The summed E-state index contributed by atoms with van der Waals surface area (Å²) in [5, 5.41) is 15.3. The number of phenolic OH excluding ortho intramolecular Hbond substituents is 1. The number of alkyl halides is 1. The lowest BCUT2D eigenvalue weighted by atomic mass is 9.96. The molecule has 4 aromatic rings. The molecule has 0 fully saturated rings. The Morgan fingerprint density at radius 3 is 2.63 bits per heavy atom. The van der Waals surface area contributed by atoms with Gasteiger partial charge in [-0.25, -0.2) is 9.97 Å². The summed E-state index contributed by atoms with van der Waals surface area (Å²) < 4.78 is 5.20. The molecule has 2 aromatic heterocycles. The molecule has 1 atom stereocenters. The minimum absolute atomic E-state index is 0.0602. The maximum atomic E-state index is 12.7. The van der Waals surface area contributed by atoms with Gasteiger partial charge in [0.25, 0.3) is 5.91 Å². The van der Waals surface area contributed by atoms with E-state index in [0.29, 0.717) is 34.9 Å². The maximum Gasteiger partial charge on any atom is 0.257 e. The predicted octanol–water partition coefficient (Wildman–Crippen LogP) is 5.03. The molecule has 2 amide bonds. The highest BCUT2D eigenvalue weighted by Gasteiger charge is 2.13. The molecule has 0 aliphatic carbocycles. The Hall–Kier alpha value is -4.50. The topological polar surface area (TPSA) is 126 Å². The highest BCUT2D eigenvalue weighted by Crippen LogP contribution is 2.31. The van der Waals surface area contributed by atoms with Crippen LogP contribution in [0.25, 0.3) is 11.3 Å². The van der Waals surface area contributed by atoms with Crippen molar-refractivity contribution in [3.05, 3.63) is 90.0 Å². The molecule has 0 saturated heterocycles. The second-order valence-electron chi connectivity index (χ2n) is 8.58. The number of rotatable bonds is 9. The van der Waals surface area contributed by atoms with Crippen LogP contribution in [0.2, 0.25) is 0 Å². The van der Waals surface area contributed by atoms with Gasteiger partial charge in [-0.3, -0.25) is 14.6 Å². The van der Waals surface area contributed by atoms with Crippen LogP contribution in [0.3, 0.4) is 0 Å². The Balaban J connectivity index is 1.43. The lowest BCUT2D eigenvalue weighted by Gasteiger charge is -2.14. The van der Waals surface area contributed by atoms with Crippen molar-refractivity contribution in [1.82, 2.24) is 15.0 Å². The minimum Gasteiger partial charge on any atom is -0.504 e. The fraction of sp³-hybridized carbons (Fsp3) is 0.179. The number of nitrogens with zero attached hydrogens (tertiary/aromatic N) is 3. The molecule has 3 N–H and O–H groups in total. The van der Waals surface area contributed by atoms with Crippen LogP contribution >= 0.6 is 11.6 Å². The van der Waals surface area contributed by atoms with E-state index in [4.69, 9.17) is 21.3 Å². The lowest BCUT2D eigenvalue weighted by molar-refractivity contribution is -0.113. The largest absolute Gasteiger partial charge is 0.504 e. The molecule has 2 heterocycles. The second kappa shape index (κ2) is 12.2. The van der Waals surface area contributed by atoms with Crippen molar-refractivity contribution in [1.29, 1.82) is 0 Å². The fourth-order valence-electron chi connectivity index (χ4n) is 3.82. The van der Waals surface area contributed by atoms with Crippen LogP contribution < -0.4 is 15.4 Å². The molecule has 0 unspecified atom stereocenters. The molecule has 4 rings (SSSR count). The smallest absolute Gasteiger partial charge is 0.257 e. The van der Waals surface area contributed by atoms with Gasteiger partial charge in [-0.1, -0.05) is 19.1 Å². The summed E-state index contributed by atoms with van der Waals surface area (Å²) in [5.74, 6) is -0.0283. The number of hydrogen-bond acceptors (Lipinski definition) is 7. The fourth-order valence-corrected chi connectivity index (χ4v) is 3.88. The number of ether oxygens (including phenoxy) is 1. The van der Waals surface area contributed by atoms with Gasteiger partial charge in [-0.05, 0) is 60.4 Å². The molecule has 0 spiro atoms. The summed E-state index contributed by atoms with van der Waals surface area (Å²) in [6.07, 6.45) is 5.42. The number of phenols is 1. The third-order valence-corrected chi connectivity index (χ3v) is 6.05. The van der Waals surface area contributed by atoms with Gasteiger partial charge in [0.1, 0.15) is 11.7 Å². The van der Waals surface area contributed by atoms with Crippen LogP contribution in [0.1, 0.15) is 34.5 Å². The van der Waals surface area contributed by atoms with E-state index in [0.717, 1.165) is 16.8 Å². The highest BCUT2D eigenvalue weighted by atomic mass is 35.5. The Morgan fingerprint density at radius 1 is 1.05 bits per heavy atom. The van der Waals surface area contributed by atoms with Gasteiger partial charge < -0.3 is 20.5 Å². The van der Waals surface area contributed by atoms with E-state index in [1.165, 1.54) is 13.3 Å². The number of carbonyl (C=O) groups excluding carboxylic acids is 2. The number of amides is 2. The average Bonchev–Trinajstić information content (AvgIpc) is 2.94. The summed E-state index contributed by atoms with van der Waals surface area (Å²) >= 11 is 5.48. The summed E-state index contributed by atoms with van der Waals surface area (Å²) in [6, 6.07) is 15.8. The van der Waals surface area contributed by atoms with Gasteiger partial charge in [0.2, 0.25) is 5.91 Å². The van der Waals surface area contributed by atoms with Crippen LogP contribution in [0.5, 0.6) is 11.5 Å². The van der Waals surface area contributed by atoms with Gasteiger partial charge in [0.15, 0.2) is 11.5 Å². The standard InChI is InChI=1S/C28H26ClN5O4/c1-17(10-22-15-30-16-23(32-22)19-6-8-24(35)25(12-19)38-2)18-4-3-5-21(11-18)33-28(37)20-7-9-26(31-14-20)34-27(36)13-29/h3-9,11-12,14-17,35H,10,13H2,1-2H3,(H,33,37)(H,31,34,36)/t17-/m1/s1. The number of aromatic nitrogens is 3. The summed E-state index contributed by atoms with van der Waals surface area (Å²) in [7, 11) is 1.50. The molecule has 0 bridgehead atoms. The van der Waals surface area contributed by atoms with E-state index in [1.54, 1.807) is 42.7 Å². The first-order valence-electron chi connectivity index (χ1n) is 11.8. The number of halogens is 1. The summed E-state index contributed by atoms with van der Waals surface area (Å²) in [5.41, 5.74) is 4.30. The maximum absolute atomic E-state index is 12.7. The molecule has 10 heteroatoms. The number of pyridine rings is 1. The van der Waals surface area contributed by atoms with E-state index < -0.39 is 0 Å². The normalized spacial score (nSPS) is 11.4. The van der Waals surface area contributed by atoms with Crippen molar-refractivity contribution in [3.63, 3.8) is 0 Å². The van der Waals surface area contributed by atoms with E-state index in [2.05, 4.69) is 27.5 Å². The Morgan fingerprint density at radius 2 is 1.89 bits per heavy atom. The molecular formula is C28H26ClN5O4. The van der Waals surface area contributed by atoms with E-state index in [1.807, 2.05) is 24.3 Å². The molecule has 9 nitrogen and oxygen atoms in total. The van der Waals surface area contributed by atoms with Crippen LogP contribution in [0, 0.1) is 0 Å². The van der Waals surface area contributed by atoms with E-state index >= 15 is 0 Å².